The summed E-state index contributed by atoms with van der Waals surface area (Å²) in [5.41, 5.74) is 6.22. The zero-order chi connectivity index (χ0) is 18.2. The molecule has 7 nitrogen and oxygen atoms in total. The van der Waals surface area contributed by atoms with E-state index >= 15 is 0 Å². The molecular weight excluding hydrogens is 341 g/mol. The largest absolute Gasteiger partial charge is 0.464 e. The lowest BCUT2D eigenvalue weighted by molar-refractivity contribution is -0.137. The van der Waals surface area contributed by atoms with Crippen LogP contribution in [0.3, 0.4) is 0 Å². The average molecular weight is 352 g/mol. The summed E-state index contributed by atoms with van der Waals surface area (Å²) < 4.78 is 47.2. The van der Waals surface area contributed by atoms with E-state index in [1.54, 1.807) is 0 Å². The molecule has 25 heavy (non-hydrogen) atoms. The molecule has 0 amide bonds. The first-order valence-electron chi connectivity index (χ1n) is 6.96. The predicted molar refractivity (Wildman–Crippen MR) is 79.6 cm³/mol. The number of esters is 1. The first-order valence-corrected chi connectivity index (χ1v) is 6.96. The standard InChI is InChI=1S/C15H11F3N4O3/c1-24-14(23)11-9(10(19)12-13(20-11)22-25-21-12)6-7-2-4-8(5-3-7)15(16,17)18/h2-5H,6,19H2,1H3. The number of benzene rings is 1. The van der Waals surface area contributed by atoms with Gasteiger partial charge in [0, 0.05) is 12.0 Å². The van der Waals surface area contributed by atoms with Crippen molar-refractivity contribution in [2.75, 3.05) is 12.8 Å². The molecule has 0 saturated carbocycles. The van der Waals surface area contributed by atoms with Gasteiger partial charge in [-0.15, -0.1) is 0 Å². The number of carbonyl (C=O) groups excluding carboxylic acids is 1. The maximum absolute atomic E-state index is 12.6. The van der Waals surface area contributed by atoms with Crippen molar-refractivity contribution in [1.29, 1.82) is 0 Å². The Balaban J connectivity index is 2.05. The second-order valence-corrected chi connectivity index (χ2v) is 5.15. The molecule has 0 spiro atoms. The Morgan fingerprint density at radius 2 is 1.92 bits per heavy atom. The number of aromatic nitrogens is 3. The molecule has 2 aromatic heterocycles. The molecule has 0 aliphatic carbocycles. The molecule has 0 unspecified atom stereocenters. The summed E-state index contributed by atoms with van der Waals surface area (Å²) in [6, 6.07) is 4.50. The van der Waals surface area contributed by atoms with Crippen molar-refractivity contribution < 1.29 is 27.3 Å². The Bertz CT molecular complexity index is 936. The van der Waals surface area contributed by atoms with Gasteiger partial charge in [-0.25, -0.2) is 14.4 Å². The molecule has 0 aliphatic rings. The summed E-state index contributed by atoms with van der Waals surface area (Å²) in [4.78, 5) is 16.0. The molecule has 0 radical (unpaired) electrons. The molecule has 0 fully saturated rings. The highest BCUT2D eigenvalue weighted by Crippen LogP contribution is 2.31. The van der Waals surface area contributed by atoms with Crippen LogP contribution in [0.5, 0.6) is 0 Å². The first-order chi connectivity index (χ1) is 11.8. The van der Waals surface area contributed by atoms with Crippen molar-refractivity contribution in [2.45, 2.75) is 12.6 Å². The summed E-state index contributed by atoms with van der Waals surface area (Å²) in [7, 11) is 1.17. The number of anilines is 1. The molecule has 0 saturated heterocycles. The summed E-state index contributed by atoms with van der Waals surface area (Å²) in [6.45, 7) is 0. The van der Waals surface area contributed by atoms with Crippen LogP contribution in [0.2, 0.25) is 0 Å². The van der Waals surface area contributed by atoms with Crippen molar-refractivity contribution in [3.8, 4) is 0 Å². The van der Waals surface area contributed by atoms with E-state index in [1.807, 2.05) is 0 Å². The van der Waals surface area contributed by atoms with Crippen LogP contribution in [0.1, 0.15) is 27.2 Å². The van der Waals surface area contributed by atoms with Gasteiger partial charge in [-0.2, -0.15) is 13.2 Å². The van der Waals surface area contributed by atoms with Gasteiger partial charge < -0.3 is 10.5 Å². The van der Waals surface area contributed by atoms with Crippen molar-refractivity contribution in [3.05, 3.63) is 46.6 Å². The highest BCUT2D eigenvalue weighted by Gasteiger charge is 2.30. The summed E-state index contributed by atoms with van der Waals surface area (Å²) in [6.07, 6.45) is -4.37. The number of alkyl halides is 3. The van der Waals surface area contributed by atoms with Crippen LogP contribution in [0, 0.1) is 0 Å². The number of nitrogen functional groups attached to an aromatic ring is 1. The number of pyridine rings is 1. The van der Waals surface area contributed by atoms with E-state index in [9.17, 15) is 18.0 Å². The molecule has 3 rings (SSSR count). The van der Waals surface area contributed by atoms with Crippen molar-refractivity contribution in [1.82, 2.24) is 15.3 Å². The Morgan fingerprint density at radius 1 is 1.24 bits per heavy atom. The van der Waals surface area contributed by atoms with E-state index < -0.39 is 17.7 Å². The summed E-state index contributed by atoms with van der Waals surface area (Å²) in [5.74, 6) is -0.751. The van der Waals surface area contributed by atoms with Gasteiger partial charge in [0.05, 0.1) is 18.4 Å². The van der Waals surface area contributed by atoms with E-state index in [-0.39, 0.29) is 34.5 Å². The molecule has 0 aliphatic heterocycles. The van der Waals surface area contributed by atoms with Gasteiger partial charge in [0.2, 0.25) is 5.65 Å². The van der Waals surface area contributed by atoms with Crippen LogP contribution < -0.4 is 5.73 Å². The number of rotatable bonds is 3. The zero-order valence-corrected chi connectivity index (χ0v) is 12.8. The van der Waals surface area contributed by atoms with Crippen molar-refractivity contribution in [3.63, 3.8) is 0 Å². The SMILES string of the molecule is COC(=O)c1nc2nonc2c(N)c1Cc1ccc(C(F)(F)F)cc1. The quantitative estimate of drug-likeness (QED) is 0.723. The lowest BCUT2D eigenvalue weighted by atomic mass is 10.00. The van der Waals surface area contributed by atoms with Crippen LogP contribution in [0.15, 0.2) is 28.9 Å². The van der Waals surface area contributed by atoms with Gasteiger partial charge in [0.15, 0.2) is 11.2 Å². The second kappa shape index (κ2) is 6.04. The number of hydrogen-bond donors (Lipinski definition) is 1. The number of nitrogens with zero attached hydrogens (tertiary/aromatic N) is 3. The molecule has 3 aromatic rings. The summed E-state index contributed by atoms with van der Waals surface area (Å²) >= 11 is 0. The fourth-order valence-corrected chi connectivity index (χ4v) is 2.33. The van der Waals surface area contributed by atoms with E-state index in [4.69, 9.17) is 5.73 Å². The van der Waals surface area contributed by atoms with Gasteiger partial charge in [-0.05, 0) is 28.0 Å². The highest BCUT2D eigenvalue weighted by molar-refractivity contribution is 5.96. The van der Waals surface area contributed by atoms with Crippen LogP contribution in [0.4, 0.5) is 18.9 Å². The van der Waals surface area contributed by atoms with Crippen molar-refractivity contribution in [2.24, 2.45) is 0 Å². The minimum Gasteiger partial charge on any atom is -0.464 e. The number of halogens is 3. The molecule has 2 heterocycles. The Labute approximate surface area is 138 Å². The van der Waals surface area contributed by atoms with E-state index in [0.717, 1.165) is 12.1 Å². The smallest absolute Gasteiger partial charge is 0.416 e. The average Bonchev–Trinajstić information content (AvgIpc) is 3.05. The fourth-order valence-electron chi connectivity index (χ4n) is 2.33. The minimum absolute atomic E-state index is 0.0362. The third kappa shape index (κ3) is 3.10. The third-order valence-electron chi connectivity index (χ3n) is 3.60. The molecule has 2 N–H and O–H groups in total. The molecule has 0 atom stereocenters. The number of ether oxygens (including phenoxy) is 1. The van der Waals surface area contributed by atoms with Crippen LogP contribution in [-0.4, -0.2) is 28.4 Å². The number of methoxy groups -OCH3 is 1. The lowest BCUT2D eigenvalue weighted by Crippen LogP contribution is -2.12. The predicted octanol–water partition coefficient (Wildman–Crippen LogP) is 2.60. The van der Waals surface area contributed by atoms with E-state index in [1.165, 1.54) is 19.2 Å². The number of nitrogens with two attached hydrogens (primary N) is 1. The van der Waals surface area contributed by atoms with Crippen LogP contribution in [0.25, 0.3) is 11.2 Å². The van der Waals surface area contributed by atoms with Crippen molar-refractivity contribution >= 4 is 22.8 Å². The Morgan fingerprint density at radius 3 is 2.52 bits per heavy atom. The Kier molecular flexibility index (Phi) is 4.03. The highest BCUT2D eigenvalue weighted by atomic mass is 19.4. The topological polar surface area (TPSA) is 104 Å². The molecule has 130 valence electrons. The van der Waals surface area contributed by atoms with Gasteiger partial charge >= 0.3 is 12.1 Å². The monoisotopic (exact) mass is 352 g/mol. The summed E-state index contributed by atoms with van der Waals surface area (Å²) in [5, 5.41) is 7.15. The minimum atomic E-state index is -4.43. The van der Waals surface area contributed by atoms with E-state index in [2.05, 4.69) is 24.7 Å². The molecular formula is C15H11F3N4O3. The maximum Gasteiger partial charge on any atom is 0.416 e. The normalized spacial score (nSPS) is 11.7. The van der Waals surface area contributed by atoms with Gasteiger partial charge in [-0.3, -0.25) is 0 Å². The van der Waals surface area contributed by atoms with Gasteiger partial charge in [0.1, 0.15) is 0 Å². The molecule has 1 aromatic carbocycles. The Hall–Kier alpha value is -3.17. The second-order valence-electron chi connectivity index (χ2n) is 5.15. The van der Waals surface area contributed by atoms with Gasteiger partial charge in [-0.1, -0.05) is 12.1 Å². The number of fused-ring (bicyclic) bond motifs is 1. The number of hydrogen-bond acceptors (Lipinski definition) is 7. The first kappa shape index (κ1) is 16.7. The van der Waals surface area contributed by atoms with Crippen LogP contribution >= 0.6 is 0 Å². The number of carbonyl (C=O) groups is 1. The van der Waals surface area contributed by atoms with E-state index in [0.29, 0.717) is 5.56 Å². The molecule has 10 heteroatoms. The zero-order valence-electron chi connectivity index (χ0n) is 12.8. The van der Waals surface area contributed by atoms with Crippen LogP contribution in [-0.2, 0) is 17.3 Å². The molecule has 0 bridgehead atoms. The lowest BCUT2D eigenvalue weighted by Gasteiger charge is -2.11. The van der Waals surface area contributed by atoms with Gasteiger partial charge in [0.25, 0.3) is 0 Å². The fraction of sp³-hybridized carbons (Fsp3) is 0.200. The maximum atomic E-state index is 12.6. The third-order valence-corrected chi connectivity index (χ3v) is 3.60.